The minimum absolute atomic E-state index is 0.0675. The van der Waals surface area contributed by atoms with Crippen LogP contribution in [0.25, 0.3) is 0 Å². The van der Waals surface area contributed by atoms with Gasteiger partial charge in [0.15, 0.2) is 0 Å². The lowest BCUT2D eigenvalue weighted by atomic mass is 10.1. The average Bonchev–Trinajstić information content (AvgIpc) is 2.47. The molecule has 0 N–H and O–H groups in total. The second-order valence-electron chi connectivity index (χ2n) is 5.27. The Labute approximate surface area is 125 Å². The zero-order chi connectivity index (χ0) is 15.4. The molecule has 2 nitrogen and oxygen atoms in total. The van der Waals surface area contributed by atoms with Crippen LogP contribution in [0.1, 0.15) is 34.0 Å². The molecule has 0 atom stereocenters. The van der Waals surface area contributed by atoms with Crippen LogP contribution >= 0.6 is 0 Å². The van der Waals surface area contributed by atoms with Gasteiger partial charge < -0.3 is 4.90 Å². The molecule has 0 saturated carbocycles. The maximum atomic E-state index is 13.3. The van der Waals surface area contributed by atoms with E-state index in [1.165, 1.54) is 11.6 Å². The molecule has 0 aliphatic carbocycles. The van der Waals surface area contributed by atoms with Crippen LogP contribution in [0.3, 0.4) is 0 Å². The smallest absolute Gasteiger partial charge is 0.254 e. The number of carbonyl (C=O) groups excluding carboxylic acids is 1. The summed E-state index contributed by atoms with van der Waals surface area (Å²) in [6, 6.07) is 12.6. The van der Waals surface area contributed by atoms with Crippen LogP contribution in [-0.2, 0) is 6.54 Å². The van der Waals surface area contributed by atoms with Gasteiger partial charge in [-0.1, -0.05) is 29.8 Å². The second-order valence-corrected chi connectivity index (χ2v) is 5.27. The van der Waals surface area contributed by atoms with Gasteiger partial charge in [-0.15, -0.1) is 0 Å². The Morgan fingerprint density at radius 2 is 1.90 bits per heavy atom. The lowest BCUT2D eigenvalue weighted by molar-refractivity contribution is 0.0752. The van der Waals surface area contributed by atoms with Crippen LogP contribution in [0, 0.1) is 19.7 Å². The van der Waals surface area contributed by atoms with Gasteiger partial charge in [-0.2, -0.15) is 0 Å². The maximum absolute atomic E-state index is 13.3. The van der Waals surface area contributed by atoms with E-state index in [0.717, 1.165) is 5.56 Å². The molecule has 0 aliphatic rings. The molecule has 0 aliphatic heterocycles. The zero-order valence-electron chi connectivity index (χ0n) is 12.7. The van der Waals surface area contributed by atoms with Crippen LogP contribution in [-0.4, -0.2) is 17.4 Å². The van der Waals surface area contributed by atoms with E-state index in [-0.39, 0.29) is 11.7 Å². The number of carbonyl (C=O) groups is 1. The van der Waals surface area contributed by atoms with Crippen molar-refractivity contribution in [2.75, 3.05) is 6.54 Å². The van der Waals surface area contributed by atoms with Gasteiger partial charge in [0.05, 0.1) is 0 Å². The molecule has 2 aromatic rings. The lowest BCUT2D eigenvalue weighted by Crippen LogP contribution is -2.30. The van der Waals surface area contributed by atoms with Crippen molar-refractivity contribution in [2.24, 2.45) is 0 Å². The maximum Gasteiger partial charge on any atom is 0.254 e. The number of aryl methyl sites for hydroxylation is 2. The van der Waals surface area contributed by atoms with Crippen LogP contribution in [0.4, 0.5) is 4.39 Å². The van der Waals surface area contributed by atoms with Gasteiger partial charge in [-0.25, -0.2) is 4.39 Å². The van der Waals surface area contributed by atoms with Gasteiger partial charge in [0.1, 0.15) is 5.82 Å². The van der Waals surface area contributed by atoms with Crippen LogP contribution in [0.15, 0.2) is 42.5 Å². The van der Waals surface area contributed by atoms with E-state index in [0.29, 0.717) is 24.2 Å². The molecule has 110 valence electrons. The summed E-state index contributed by atoms with van der Waals surface area (Å²) >= 11 is 0. The summed E-state index contributed by atoms with van der Waals surface area (Å²) in [5.74, 6) is -0.351. The molecule has 0 heterocycles. The Bertz CT molecular complexity index is 651. The highest BCUT2D eigenvalue weighted by Gasteiger charge is 2.15. The number of nitrogens with zero attached hydrogens (tertiary/aromatic N) is 1. The molecule has 0 spiro atoms. The summed E-state index contributed by atoms with van der Waals surface area (Å²) in [6.45, 7) is 6.83. The molecule has 2 rings (SSSR count). The van der Waals surface area contributed by atoms with Crippen molar-refractivity contribution in [2.45, 2.75) is 27.3 Å². The number of amides is 1. The summed E-state index contributed by atoms with van der Waals surface area (Å²) in [5.41, 5.74) is 3.30. The van der Waals surface area contributed by atoms with E-state index in [9.17, 15) is 9.18 Å². The first-order valence-corrected chi connectivity index (χ1v) is 7.12. The van der Waals surface area contributed by atoms with Gasteiger partial charge in [-0.05, 0) is 50.1 Å². The highest BCUT2D eigenvalue weighted by atomic mass is 19.1. The van der Waals surface area contributed by atoms with E-state index < -0.39 is 0 Å². The predicted molar refractivity (Wildman–Crippen MR) is 82.7 cm³/mol. The van der Waals surface area contributed by atoms with Gasteiger partial charge in [0.25, 0.3) is 5.91 Å². The highest BCUT2D eigenvalue weighted by Crippen LogP contribution is 2.14. The Morgan fingerprint density at radius 1 is 1.14 bits per heavy atom. The Kier molecular flexibility index (Phi) is 4.73. The number of hydrogen-bond donors (Lipinski definition) is 0. The Hall–Kier alpha value is -2.16. The second kappa shape index (κ2) is 6.53. The molecule has 21 heavy (non-hydrogen) atoms. The molecule has 3 heteroatoms. The van der Waals surface area contributed by atoms with Crippen molar-refractivity contribution in [3.63, 3.8) is 0 Å². The Balaban J connectivity index is 2.20. The van der Waals surface area contributed by atoms with E-state index in [1.54, 1.807) is 24.0 Å². The standard InChI is InChI=1S/C18H20FNO/c1-4-20(12-15-7-5-6-13(2)10-15)18(21)16-8-9-17(19)14(3)11-16/h5-11H,4,12H2,1-3H3. The SMILES string of the molecule is CCN(Cc1cccc(C)c1)C(=O)c1ccc(F)c(C)c1. The predicted octanol–water partition coefficient (Wildman–Crippen LogP) is 4.10. The van der Waals surface area contributed by atoms with Gasteiger partial charge in [0, 0.05) is 18.7 Å². The third-order valence-electron chi connectivity index (χ3n) is 3.53. The molecular formula is C18H20FNO. The van der Waals surface area contributed by atoms with Gasteiger partial charge in [-0.3, -0.25) is 4.79 Å². The topological polar surface area (TPSA) is 20.3 Å². The number of benzene rings is 2. The van der Waals surface area contributed by atoms with E-state index in [2.05, 4.69) is 6.07 Å². The number of halogens is 1. The van der Waals surface area contributed by atoms with Crippen LogP contribution in [0.5, 0.6) is 0 Å². The molecular weight excluding hydrogens is 265 g/mol. The first kappa shape index (κ1) is 15.2. The third-order valence-corrected chi connectivity index (χ3v) is 3.53. The zero-order valence-corrected chi connectivity index (χ0v) is 12.7. The van der Waals surface area contributed by atoms with Crippen LogP contribution < -0.4 is 0 Å². The fourth-order valence-corrected chi connectivity index (χ4v) is 2.32. The van der Waals surface area contributed by atoms with E-state index >= 15 is 0 Å². The van der Waals surface area contributed by atoms with Crippen molar-refractivity contribution < 1.29 is 9.18 Å². The molecule has 0 saturated heterocycles. The quantitative estimate of drug-likeness (QED) is 0.828. The fraction of sp³-hybridized carbons (Fsp3) is 0.278. The van der Waals surface area contributed by atoms with E-state index in [1.807, 2.05) is 32.0 Å². The van der Waals surface area contributed by atoms with Crippen molar-refractivity contribution in [1.82, 2.24) is 4.90 Å². The summed E-state index contributed by atoms with van der Waals surface area (Å²) in [6.07, 6.45) is 0. The summed E-state index contributed by atoms with van der Waals surface area (Å²) in [5, 5.41) is 0. The highest BCUT2D eigenvalue weighted by molar-refractivity contribution is 5.94. The number of rotatable bonds is 4. The Morgan fingerprint density at radius 3 is 2.52 bits per heavy atom. The van der Waals surface area contributed by atoms with Crippen molar-refractivity contribution >= 4 is 5.91 Å². The molecule has 0 fully saturated rings. The minimum atomic E-state index is -0.284. The monoisotopic (exact) mass is 285 g/mol. The molecule has 0 bridgehead atoms. The molecule has 2 aromatic carbocycles. The normalized spacial score (nSPS) is 10.5. The summed E-state index contributed by atoms with van der Waals surface area (Å²) < 4.78 is 13.3. The van der Waals surface area contributed by atoms with Crippen molar-refractivity contribution in [1.29, 1.82) is 0 Å². The summed E-state index contributed by atoms with van der Waals surface area (Å²) in [7, 11) is 0. The van der Waals surface area contributed by atoms with E-state index in [4.69, 9.17) is 0 Å². The first-order chi connectivity index (χ1) is 10.0. The molecule has 0 unspecified atom stereocenters. The minimum Gasteiger partial charge on any atom is -0.335 e. The third kappa shape index (κ3) is 3.69. The lowest BCUT2D eigenvalue weighted by Gasteiger charge is -2.21. The molecule has 1 amide bonds. The van der Waals surface area contributed by atoms with Crippen LogP contribution in [0.2, 0.25) is 0 Å². The molecule has 0 radical (unpaired) electrons. The number of hydrogen-bond acceptors (Lipinski definition) is 1. The van der Waals surface area contributed by atoms with Crippen molar-refractivity contribution in [3.05, 3.63) is 70.5 Å². The average molecular weight is 285 g/mol. The fourth-order valence-electron chi connectivity index (χ4n) is 2.32. The van der Waals surface area contributed by atoms with Crippen molar-refractivity contribution in [3.8, 4) is 0 Å². The largest absolute Gasteiger partial charge is 0.335 e. The summed E-state index contributed by atoms with van der Waals surface area (Å²) in [4.78, 5) is 14.3. The van der Waals surface area contributed by atoms with Gasteiger partial charge in [0.2, 0.25) is 0 Å². The first-order valence-electron chi connectivity index (χ1n) is 7.12. The molecule has 0 aromatic heterocycles. The van der Waals surface area contributed by atoms with Gasteiger partial charge >= 0.3 is 0 Å².